The molecule has 12 nitrogen and oxygen atoms in total. The number of benzene rings is 2. The molecule has 4 rings (SSSR count). The van der Waals surface area contributed by atoms with Gasteiger partial charge in [0.25, 0.3) is 0 Å². The summed E-state index contributed by atoms with van der Waals surface area (Å²) in [6, 6.07) is 7.20. The molecule has 7 N–H and O–H groups in total. The van der Waals surface area contributed by atoms with Gasteiger partial charge < -0.3 is 49.6 Å². The molecule has 0 bridgehead atoms. The van der Waals surface area contributed by atoms with Crippen molar-refractivity contribution in [3.63, 3.8) is 0 Å². The number of hydrogen-bond donors (Lipinski definition) is 7. The maximum atomic E-state index is 13.2. The first-order valence-corrected chi connectivity index (χ1v) is 9.49. The van der Waals surface area contributed by atoms with Crippen LogP contribution in [0.2, 0.25) is 0 Å². The van der Waals surface area contributed by atoms with Crippen molar-refractivity contribution >= 4 is 16.9 Å². The van der Waals surface area contributed by atoms with Gasteiger partial charge in [0.2, 0.25) is 17.5 Å². The molecular weight excluding hydrogens is 444 g/mol. The summed E-state index contributed by atoms with van der Waals surface area (Å²) in [4.78, 5) is 24.6. The van der Waals surface area contributed by atoms with Crippen LogP contribution in [0.15, 0.2) is 45.6 Å². The summed E-state index contributed by atoms with van der Waals surface area (Å²) in [7, 11) is 0. The Balaban J connectivity index is 1.89. The van der Waals surface area contributed by atoms with Gasteiger partial charge in [-0.25, -0.2) is 4.79 Å². The summed E-state index contributed by atoms with van der Waals surface area (Å²) in [5.74, 6) is -3.72. The van der Waals surface area contributed by atoms with Crippen molar-refractivity contribution in [1.82, 2.24) is 0 Å². The molecule has 1 saturated heterocycles. The highest BCUT2D eigenvalue weighted by atomic mass is 16.7. The molecule has 1 aliphatic rings. The molecule has 174 valence electrons. The van der Waals surface area contributed by atoms with E-state index in [9.17, 15) is 45.3 Å². The number of ether oxygens (including phenoxy) is 2. The van der Waals surface area contributed by atoms with Crippen molar-refractivity contribution in [1.29, 1.82) is 0 Å². The van der Waals surface area contributed by atoms with E-state index in [1.807, 2.05) is 0 Å². The van der Waals surface area contributed by atoms with Gasteiger partial charge >= 0.3 is 5.97 Å². The third-order valence-corrected chi connectivity index (χ3v) is 5.09. The van der Waals surface area contributed by atoms with E-state index in [-0.39, 0.29) is 22.7 Å². The lowest BCUT2D eigenvalue weighted by atomic mass is 9.99. The lowest BCUT2D eigenvalue weighted by Crippen LogP contribution is -2.61. The molecule has 12 heteroatoms. The maximum Gasteiger partial charge on any atom is 0.335 e. The quantitative estimate of drug-likeness (QED) is 0.270. The Morgan fingerprint density at radius 2 is 1.58 bits per heavy atom. The van der Waals surface area contributed by atoms with Crippen molar-refractivity contribution in [2.45, 2.75) is 30.7 Å². The van der Waals surface area contributed by atoms with Gasteiger partial charge in [-0.15, -0.1) is 0 Å². The van der Waals surface area contributed by atoms with Crippen LogP contribution in [0.25, 0.3) is 22.3 Å². The summed E-state index contributed by atoms with van der Waals surface area (Å²) >= 11 is 0. The van der Waals surface area contributed by atoms with Crippen LogP contribution in [-0.2, 0) is 9.53 Å². The fourth-order valence-electron chi connectivity index (χ4n) is 3.44. The maximum absolute atomic E-state index is 13.2. The van der Waals surface area contributed by atoms with Gasteiger partial charge in [0.1, 0.15) is 46.5 Å². The molecule has 0 aliphatic carbocycles. The highest BCUT2D eigenvalue weighted by Crippen LogP contribution is 2.37. The molecule has 0 radical (unpaired) electrons. The van der Waals surface area contributed by atoms with E-state index >= 15 is 0 Å². The smallest absolute Gasteiger partial charge is 0.335 e. The van der Waals surface area contributed by atoms with Gasteiger partial charge in [0, 0.05) is 17.7 Å². The summed E-state index contributed by atoms with van der Waals surface area (Å²) < 4.78 is 16.2. The highest BCUT2D eigenvalue weighted by Gasteiger charge is 2.48. The predicted molar refractivity (Wildman–Crippen MR) is 108 cm³/mol. The monoisotopic (exact) mass is 462 g/mol. The second kappa shape index (κ2) is 8.26. The number of aliphatic hydroxyl groups is 3. The number of phenolic OH excluding ortho intramolecular Hbond substituents is 3. The summed E-state index contributed by atoms with van der Waals surface area (Å²) in [6.07, 6.45) is -9.84. The van der Waals surface area contributed by atoms with Crippen LogP contribution in [0, 0.1) is 0 Å². The molecule has 5 atom stereocenters. The third kappa shape index (κ3) is 3.91. The lowest BCUT2D eigenvalue weighted by Gasteiger charge is -2.38. The molecule has 0 saturated carbocycles. The SMILES string of the molecule is O=C(O)[C@@H]1O[C@H](Oc2c(-c3ccc(O)cc3)oc3cc(O)cc(O)c3c2=O)[C@@H](O)[C@@H](O)[C@H]1O. The van der Waals surface area contributed by atoms with Gasteiger partial charge in [0.05, 0.1) is 0 Å². The summed E-state index contributed by atoms with van der Waals surface area (Å²) in [5, 5.41) is 68.4. The van der Waals surface area contributed by atoms with E-state index in [0.29, 0.717) is 0 Å². The van der Waals surface area contributed by atoms with Gasteiger partial charge in [-0.2, -0.15) is 0 Å². The number of hydrogen-bond acceptors (Lipinski definition) is 11. The largest absolute Gasteiger partial charge is 0.508 e. The molecule has 2 heterocycles. The van der Waals surface area contributed by atoms with Crippen molar-refractivity contribution < 1.29 is 54.4 Å². The zero-order valence-corrected chi connectivity index (χ0v) is 16.5. The minimum absolute atomic E-state index is 0.105. The Kier molecular flexibility index (Phi) is 5.59. The number of carbonyl (C=O) groups is 1. The van der Waals surface area contributed by atoms with Crippen molar-refractivity contribution in [3.8, 4) is 34.3 Å². The van der Waals surface area contributed by atoms with Crippen LogP contribution in [0.5, 0.6) is 23.0 Å². The molecule has 1 fully saturated rings. The number of fused-ring (bicyclic) bond motifs is 1. The van der Waals surface area contributed by atoms with Gasteiger partial charge in [0.15, 0.2) is 11.9 Å². The van der Waals surface area contributed by atoms with Crippen molar-refractivity contribution in [2.75, 3.05) is 0 Å². The van der Waals surface area contributed by atoms with Crippen LogP contribution >= 0.6 is 0 Å². The van der Waals surface area contributed by atoms with Crippen LogP contribution in [0.3, 0.4) is 0 Å². The average molecular weight is 462 g/mol. The molecule has 1 aliphatic heterocycles. The first-order chi connectivity index (χ1) is 15.6. The van der Waals surface area contributed by atoms with E-state index in [2.05, 4.69) is 0 Å². The Bertz CT molecular complexity index is 1260. The van der Waals surface area contributed by atoms with E-state index in [1.165, 1.54) is 24.3 Å². The fraction of sp³-hybridized carbons (Fsp3) is 0.238. The van der Waals surface area contributed by atoms with E-state index in [4.69, 9.17) is 13.9 Å². The first kappa shape index (κ1) is 22.4. The van der Waals surface area contributed by atoms with Crippen LogP contribution in [0.4, 0.5) is 0 Å². The van der Waals surface area contributed by atoms with Crippen LogP contribution in [0.1, 0.15) is 0 Å². The number of aliphatic hydroxyl groups excluding tert-OH is 3. The number of carboxylic acids is 1. The van der Waals surface area contributed by atoms with Gasteiger partial charge in [-0.1, -0.05) is 0 Å². The number of phenols is 3. The summed E-state index contributed by atoms with van der Waals surface area (Å²) in [6.45, 7) is 0. The third-order valence-electron chi connectivity index (χ3n) is 5.09. The van der Waals surface area contributed by atoms with Crippen LogP contribution in [-0.4, -0.2) is 72.4 Å². The standard InChI is InChI=1S/C21H18O12/c22-8-3-1-7(2-4-8)17-18(13(25)12-10(24)5-9(23)6-11(12)31-17)32-21-16(28)14(26)15(27)19(33-21)20(29)30/h1-6,14-16,19,21-24,26-28H,(H,29,30)/t14-,15+,16-,19+,21-/m0/s1. The minimum atomic E-state index is -1.99. The molecule has 3 aromatic rings. The molecule has 2 aromatic carbocycles. The predicted octanol–water partition coefficient (Wildman–Crippen LogP) is -0.152. The Labute approximate surface area is 183 Å². The second-order valence-corrected chi connectivity index (χ2v) is 7.33. The first-order valence-electron chi connectivity index (χ1n) is 9.49. The zero-order valence-electron chi connectivity index (χ0n) is 16.5. The highest BCUT2D eigenvalue weighted by molar-refractivity contribution is 5.88. The van der Waals surface area contributed by atoms with Gasteiger partial charge in [-0.3, -0.25) is 4.79 Å². The van der Waals surface area contributed by atoms with E-state index in [1.54, 1.807) is 0 Å². The van der Waals surface area contributed by atoms with E-state index in [0.717, 1.165) is 12.1 Å². The minimum Gasteiger partial charge on any atom is -0.508 e. The number of aromatic hydroxyl groups is 3. The Morgan fingerprint density at radius 3 is 2.21 bits per heavy atom. The fourth-order valence-corrected chi connectivity index (χ4v) is 3.44. The number of aliphatic carboxylic acids is 1. The molecule has 0 unspecified atom stereocenters. The molecule has 1 aromatic heterocycles. The number of carboxylic acid groups (broad SMARTS) is 1. The van der Waals surface area contributed by atoms with Crippen LogP contribution < -0.4 is 10.2 Å². The molecular formula is C21H18O12. The van der Waals surface area contributed by atoms with Crippen molar-refractivity contribution in [2.24, 2.45) is 0 Å². The molecule has 33 heavy (non-hydrogen) atoms. The average Bonchev–Trinajstić information content (AvgIpc) is 2.75. The lowest BCUT2D eigenvalue weighted by molar-refractivity contribution is -0.271. The molecule has 0 spiro atoms. The normalized spacial score (nSPS) is 25.1. The van der Waals surface area contributed by atoms with E-state index < -0.39 is 64.7 Å². The topological polar surface area (TPSA) is 207 Å². The zero-order chi connectivity index (χ0) is 24.0. The second-order valence-electron chi connectivity index (χ2n) is 7.33. The number of rotatable bonds is 4. The Morgan fingerprint density at radius 1 is 0.909 bits per heavy atom. The summed E-state index contributed by atoms with van der Waals surface area (Å²) in [5.41, 5.74) is -1.01. The van der Waals surface area contributed by atoms with Crippen molar-refractivity contribution in [3.05, 3.63) is 46.6 Å². The van der Waals surface area contributed by atoms with Gasteiger partial charge in [-0.05, 0) is 24.3 Å². The molecule has 0 amide bonds. The Hall–Kier alpha value is -3.84.